The Bertz CT molecular complexity index is 235. The van der Waals surface area contributed by atoms with Gasteiger partial charge >= 0.3 is 0 Å². The van der Waals surface area contributed by atoms with E-state index in [1.165, 1.54) is 9.83 Å². The first-order valence-electron chi connectivity index (χ1n) is 2.92. The third-order valence-corrected chi connectivity index (χ3v) is 2.93. The second-order valence-corrected chi connectivity index (χ2v) is 4.79. The molecule has 0 unspecified atom stereocenters. The largest absolute Gasteiger partial charge is 0.281 e. The number of hydrogen-bond donors (Lipinski definition) is 1. The molecular weight excluding hydrogens is 196 g/mol. The zero-order valence-corrected chi connectivity index (χ0v) is 8.09. The molecule has 0 N–H and O–H groups in total. The van der Waals surface area contributed by atoms with E-state index in [1.54, 1.807) is 12.1 Å². The highest BCUT2D eigenvalue weighted by atomic mass is 33.5. The van der Waals surface area contributed by atoms with Crippen LogP contribution in [0.15, 0.2) is 30.3 Å². The van der Waals surface area contributed by atoms with Gasteiger partial charge in [-0.15, -0.1) is 0 Å². The molecule has 1 aromatic rings. The molecule has 11 heavy (non-hydrogen) atoms. The number of carbonyl (C=O) groups is 1. The van der Waals surface area contributed by atoms with Gasteiger partial charge in [0.1, 0.15) is 0 Å². The number of rotatable bonds is 2. The lowest BCUT2D eigenvalue weighted by atomic mass is 10.2. The fourth-order valence-electron chi connectivity index (χ4n) is 0.656. The van der Waals surface area contributed by atoms with Crippen molar-refractivity contribution in [1.82, 2.24) is 0 Å². The number of benzene rings is 1. The van der Waals surface area contributed by atoms with E-state index >= 15 is 0 Å². The van der Waals surface area contributed by atoms with Gasteiger partial charge in [0.15, 0.2) is 0 Å². The van der Waals surface area contributed by atoms with Gasteiger partial charge in [0.05, 0.1) is 0 Å². The summed E-state index contributed by atoms with van der Waals surface area (Å²) in [5.74, 6) is 0. The summed E-state index contributed by atoms with van der Waals surface area (Å²) in [6.07, 6.45) is 0. The quantitative estimate of drug-likeness (QED) is 0.587. The van der Waals surface area contributed by atoms with Crippen molar-refractivity contribution in [2.45, 2.75) is 0 Å². The van der Waals surface area contributed by atoms with Crippen molar-refractivity contribution in [2.75, 3.05) is 0 Å². The Hall–Kier alpha value is -0.0600. The Kier molecular flexibility index (Phi) is 3.90. The molecule has 1 aromatic carbocycles. The second kappa shape index (κ2) is 4.74. The Morgan fingerprint density at radius 3 is 2.45 bits per heavy atom. The third kappa shape index (κ3) is 2.81. The summed E-state index contributed by atoms with van der Waals surface area (Å²) >= 11 is 3.87. The SMILES string of the molecule is O=C(SSS)c1ccccc1. The molecule has 0 bridgehead atoms. The average Bonchev–Trinajstić information content (AvgIpc) is 2.07. The van der Waals surface area contributed by atoms with Gasteiger partial charge in [0.2, 0.25) is 5.12 Å². The molecule has 0 aliphatic rings. The van der Waals surface area contributed by atoms with Gasteiger partial charge in [-0.1, -0.05) is 42.0 Å². The molecule has 0 saturated heterocycles. The van der Waals surface area contributed by atoms with Crippen molar-refractivity contribution >= 4 is 37.4 Å². The second-order valence-electron chi connectivity index (χ2n) is 1.81. The molecule has 58 valence electrons. The molecule has 1 rings (SSSR count). The first-order valence-corrected chi connectivity index (χ1v) is 6.12. The van der Waals surface area contributed by atoms with E-state index in [9.17, 15) is 4.79 Å². The lowest BCUT2D eigenvalue weighted by Gasteiger charge is -1.94. The number of carbonyl (C=O) groups excluding carboxylic acids is 1. The van der Waals surface area contributed by atoms with Crippen LogP contribution in [0.4, 0.5) is 0 Å². The summed E-state index contributed by atoms with van der Waals surface area (Å²) in [7, 11) is 2.29. The van der Waals surface area contributed by atoms with Crippen LogP contribution >= 0.6 is 32.3 Å². The topological polar surface area (TPSA) is 17.1 Å². The maximum atomic E-state index is 11.1. The molecule has 0 aromatic heterocycles. The average molecular weight is 202 g/mol. The molecule has 0 aliphatic carbocycles. The van der Waals surface area contributed by atoms with Gasteiger partial charge in [0.25, 0.3) is 0 Å². The molecule has 0 saturated carbocycles. The molecule has 0 spiro atoms. The molecule has 0 fully saturated rings. The van der Waals surface area contributed by atoms with Gasteiger partial charge < -0.3 is 0 Å². The smallest absolute Gasteiger partial charge is 0.230 e. The maximum Gasteiger partial charge on any atom is 0.230 e. The lowest BCUT2D eigenvalue weighted by Crippen LogP contribution is -1.88. The van der Waals surface area contributed by atoms with Crippen molar-refractivity contribution in [3.05, 3.63) is 35.9 Å². The van der Waals surface area contributed by atoms with E-state index in [0.717, 1.165) is 16.4 Å². The van der Waals surface area contributed by atoms with Crippen LogP contribution in [0.3, 0.4) is 0 Å². The first-order chi connectivity index (χ1) is 5.34. The Morgan fingerprint density at radius 2 is 1.91 bits per heavy atom. The van der Waals surface area contributed by atoms with Crippen molar-refractivity contribution in [2.24, 2.45) is 0 Å². The van der Waals surface area contributed by atoms with E-state index < -0.39 is 0 Å². The highest BCUT2D eigenvalue weighted by molar-refractivity contribution is 9.08. The fraction of sp³-hybridized carbons (Fsp3) is 0. The Labute approximate surface area is 78.2 Å². The summed E-state index contributed by atoms with van der Waals surface area (Å²) < 4.78 is 0. The highest BCUT2D eigenvalue weighted by Gasteiger charge is 2.03. The molecule has 0 aliphatic heterocycles. The molecule has 0 heterocycles. The molecule has 0 radical (unpaired) electrons. The van der Waals surface area contributed by atoms with Crippen molar-refractivity contribution < 1.29 is 4.79 Å². The van der Waals surface area contributed by atoms with Crippen molar-refractivity contribution in [3.8, 4) is 0 Å². The number of thiol groups is 1. The first kappa shape index (κ1) is 9.03. The predicted octanol–water partition coefficient (Wildman–Crippen LogP) is 3.05. The van der Waals surface area contributed by atoms with E-state index in [1.807, 2.05) is 18.2 Å². The van der Waals surface area contributed by atoms with E-state index in [2.05, 4.69) is 11.7 Å². The maximum absolute atomic E-state index is 11.1. The zero-order valence-electron chi connectivity index (χ0n) is 5.56. The molecular formula is C7H6OS3. The number of hydrogen-bond acceptors (Lipinski definition) is 4. The Balaban J connectivity index is 2.69. The van der Waals surface area contributed by atoms with Gasteiger partial charge in [-0.25, -0.2) is 0 Å². The predicted molar refractivity (Wildman–Crippen MR) is 54.9 cm³/mol. The standard InChI is InChI=1S/C7H6OS3/c8-7(10-11-9)6-4-2-1-3-5-6/h1-5,9H. The summed E-state index contributed by atoms with van der Waals surface area (Å²) in [5.41, 5.74) is 0.721. The van der Waals surface area contributed by atoms with Crippen LogP contribution in [-0.2, 0) is 0 Å². The van der Waals surface area contributed by atoms with Crippen LogP contribution in [0.5, 0.6) is 0 Å². The normalized spacial score (nSPS) is 9.55. The minimum absolute atomic E-state index is 0.0469. The van der Waals surface area contributed by atoms with Crippen LogP contribution in [0.1, 0.15) is 10.4 Å². The van der Waals surface area contributed by atoms with Crippen LogP contribution in [0.2, 0.25) is 0 Å². The Morgan fingerprint density at radius 1 is 1.27 bits per heavy atom. The van der Waals surface area contributed by atoms with Gasteiger partial charge in [-0.2, -0.15) is 0 Å². The molecule has 4 heteroatoms. The van der Waals surface area contributed by atoms with E-state index in [0.29, 0.717) is 0 Å². The fourth-order valence-corrected chi connectivity index (χ4v) is 2.06. The summed E-state index contributed by atoms with van der Waals surface area (Å²) in [5, 5.41) is 0.0469. The van der Waals surface area contributed by atoms with Crippen LogP contribution in [-0.4, -0.2) is 5.12 Å². The summed E-state index contributed by atoms with van der Waals surface area (Å²) in [6, 6.07) is 9.15. The summed E-state index contributed by atoms with van der Waals surface area (Å²) in [4.78, 5) is 11.1. The van der Waals surface area contributed by atoms with Gasteiger partial charge in [-0.3, -0.25) is 4.79 Å². The highest BCUT2D eigenvalue weighted by Crippen LogP contribution is 2.28. The van der Waals surface area contributed by atoms with Crippen molar-refractivity contribution in [1.29, 1.82) is 0 Å². The van der Waals surface area contributed by atoms with Crippen LogP contribution < -0.4 is 0 Å². The van der Waals surface area contributed by atoms with Crippen LogP contribution in [0, 0.1) is 0 Å². The monoisotopic (exact) mass is 202 g/mol. The molecule has 0 atom stereocenters. The van der Waals surface area contributed by atoms with E-state index in [4.69, 9.17) is 0 Å². The molecule has 1 nitrogen and oxygen atoms in total. The van der Waals surface area contributed by atoms with E-state index in [-0.39, 0.29) is 5.12 Å². The van der Waals surface area contributed by atoms with Gasteiger partial charge in [-0.05, 0) is 20.6 Å². The lowest BCUT2D eigenvalue weighted by molar-refractivity contribution is 0.109. The third-order valence-electron chi connectivity index (χ3n) is 1.12. The van der Waals surface area contributed by atoms with Crippen LogP contribution in [0.25, 0.3) is 0 Å². The zero-order chi connectivity index (χ0) is 8.10. The minimum Gasteiger partial charge on any atom is -0.281 e. The molecule has 0 amide bonds. The van der Waals surface area contributed by atoms with Crippen molar-refractivity contribution in [3.63, 3.8) is 0 Å². The minimum atomic E-state index is 0.0469. The summed E-state index contributed by atoms with van der Waals surface area (Å²) in [6.45, 7) is 0. The van der Waals surface area contributed by atoms with Gasteiger partial charge in [0, 0.05) is 5.56 Å².